The van der Waals surface area contributed by atoms with Gasteiger partial charge in [-0.25, -0.2) is 13.6 Å². The lowest BCUT2D eigenvalue weighted by atomic mass is 9.42. The molecule has 0 aliphatic heterocycles. The molecule has 4 fully saturated rings. The second-order valence-electron chi connectivity index (χ2n) is 10.2. The van der Waals surface area contributed by atoms with Gasteiger partial charge in [0.25, 0.3) is 0 Å². The van der Waals surface area contributed by atoms with Gasteiger partial charge in [0.1, 0.15) is 0 Å². The molecule has 4 aliphatic rings. The van der Waals surface area contributed by atoms with E-state index in [0.717, 1.165) is 31.2 Å². The van der Waals surface area contributed by atoms with Crippen molar-refractivity contribution >= 4 is 15.9 Å². The third-order valence-electron chi connectivity index (χ3n) is 8.52. The van der Waals surface area contributed by atoms with Gasteiger partial charge in [-0.05, 0) is 79.0 Å². The van der Waals surface area contributed by atoms with Gasteiger partial charge in [-0.2, -0.15) is 0 Å². The average molecular weight is 469 g/mol. The second kappa shape index (κ2) is 8.53. The molecule has 0 radical (unpaired) electrons. The number of aliphatic hydroxyl groups is 1. The Morgan fingerprint density at radius 2 is 1.55 bits per heavy atom. The van der Waals surface area contributed by atoms with Crippen LogP contribution in [-0.4, -0.2) is 32.1 Å². The summed E-state index contributed by atoms with van der Waals surface area (Å²) in [5.41, 5.74) is 2.06. The van der Waals surface area contributed by atoms with Crippen molar-refractivity contribution in [3.05, 3.63) is 65.7 Å². The summed E-state index contributed by atoms with van der Waals surface area (Å²) < 4.78 is 22.8. The van der Waals surface area contributed by atoms with Gasteiger partial charge in [-0.15, -0.1) is 0 Å². The number of nitrogens with two attached hydrogens (primary N) is 1. The first-order chi connectivity index (χ1) is 15.8. The summed E-state index contributed by atoms with van der Waals surface area (Å²) in [7, 11) is -3.70. The molecule has 0 unspecified atom stereocenters. The molecule has 33 heavy (non-hydrogen) atoms. The third-order valence-corrected chi connectivity index (χ3v) is 9.45. The van der Waals surface area contributed by atoms with Crippen molar-refractivity contribution in [3.63, 3.8) is 0 Å². The van der Waals surface area contributed by atoms with Crippen molar-refractivity contribution in [3.8, 4) is 0 Å². The Labute approximate surface area is 195 Å². The number of aliphatic hydroxyl groups excluding tert-OH is 1. The lowest BCUT2D eigenvalue weighted by molar-refractivity contribution is -0.147. The van der Waals surface area contributed by atoms with E-state index in [-0.39, 0.29) is 22.3 Å². The van der Waals surface area contributed by atoms with E-state index in [2.05, 4.69) is 29.6 Å². The van der Waals surface area contributed by atoms with E-state index in [0.29, 0.717) is 43.1 Å². The average Bonchev–Trinajstić information content (AvgIpc) is 2.78. The summed E-state index contributed by atoms with van der Waals surface area (Å²) in [6, 6.07) is 17.0. The lowest BCUT2D eigenvalue weighted by Gasteiger charge is -2.63. The zero-order valence-corrected chi connectivity index (χ0v) is 19.5. The Bertz CT molecular complexity index is 1080. The quantitative estimate of drug-likeness (QED) is 0.580. The van der Waals surface area contributed by atoms with Gasteiger partial charge in [0.15, 0.2) is 0 Å². The van der Waals surface area contributed by atoms with E-state index in [9.17, 15) is 18.3 Å². The number of carbonyl (C=O) groups is 1. The minimum Gasteiger partial charge on any atom is -0.393 e. The van der Waals surface area contributed by atoms with Gasteiger partial charge in [0.2, 0.25) is 15.9 Å². The lowest BCUT2D eigenvalue weighted by Crippen LogP contribution is -2.61. The fraction of sp³-hybridized carbons (Fsp3) is 0.500. The van der Waals surface area contributed by atoms with Gasteiger partial charge in [-0.1, -0.05) is 42.5 Å². The van der Waals surface area contributed by atoms with Crippen LogP contribution in [0.2, 0.25) is 0 Å². The highest BCUT2D eigenvalue weighted by atomic mass is 32.2. The first kappa shape index (κ1) is 22.6. The summed E-state index contributed by atoms with van der Waals surface area (Å²) in [4.78, 5) is 13.3. The molecule has 7 heteroatoms. The maximum atomic E-state index is 13.2. The largest absolute Gasteiger partial charge is 0.393 e. The Balaban J connectivity index is 1.28. The summed E-state index contributed by atoms with van der Waals surface area (Å²) in [5, 5.41) is 18.9. The predicted octanol–water partition coefficient (Wildman–Crippen LogP) is 2.75. The van der Waals surface area contributed by atoms with Crippen LogP contribution in [0.1, 0.15) is 43.2 Å². The number of hydrogen-bond acceptors (Lipinski definition) is 4. The summed E-state index contributed by atoms with van der Waals surface area (Å²) in [5.74, 6) is 1.69. The summed E-state index contributed by atoms with van der Waals surface area (Å²) >= 11 is 0. The fourth-order valence-electron chi connectivity index (χ4n) is 7.09. The Morgan fingerprint density at radius 3 is 2.09 bits per heavy atom. The molecule has 0 atom stereocenters. The van der Waals surface area contributed by atoms with Gasteiger partial charge in [0, 0.05) is 18.4 Å². The molecule has 176 valence electrons. The van der Waals surface area contributed by atoms with Crippen molar-refractivity contribution in [2.45, 2.75) is 54.9 Å². The van der Waals surface area contributed by atoms with E-state index in [1.165, 1.54) is 17.7 Å². The molecule has 4 saturated carbocycles. The molecule has 0 heterocycles. The first-order valence-corrected chi connectivity index (χ1v) is 13.4. The molecule has 2 aromatic rings. The molecule has 0 saturated heterocycles. The Hall–Kier alpha value is -2.22. The van der Waals surface area contributed by atoms with Crippen molar-refractivity contribution in [2.75, 3.05) is 6.54 Å². The molecule has 4 N–H and O–H groups in total. The summed E-state index contributed by atoms with van der Waals surface area (Å²) in [6.45, 7) is 0.498. The van der Waals surface area contributed by atoms with Crippen molar-refractivity contribution in [1.29, 1.82) is 0 Å². The molecule has 2 aromatic carbocycles. The molecule has 6 rings (SSSR count). The van der Waals surface area contributed by atoms with Crippen LogP contribution in [0.3, 0.4) is 0 Å². The van der Waals surface area contributed by atoms with E-state index in [4.69, 9.17) is 5.14 Å². The number of amides is 1. The molecular formula is C26H32N2O4S. The Kier molecular flexibility index (Phi) is 5.83. The third kappa shape index (κ3) is 4.11. The molecule has 0 aromatic heterocycles. The normalized spacial score (nSPS) is 32.6. The van der Waals surface area contributed by atoms with Crippen molar-refractivity contribution < 1.29 is 18.3 Å². The van der Waals surface area contributed by atoms with E-state index < -0.39 is 10.0 Å². The zero-order chi connectivity index (χ0) is 23.2. The topological polar surface area (TPSA) is 109 Å². The summed E-state index contributed by atoms with van der Waals surface area (Å²) in [6.07, 6.45) is 4.96. The van der Waals surface area contributed by atoms with Crippen LogP contribution in [0.15, 0.2) is 59.5 Å². The van der Waals surface area contributed by atoms with E-state index >= 15 is 0 Å². The molecular weight excluding hydrogens is 436 g/mol. The standard InChI is InChI=1S/C26H32N2O4S/c27-33(31,32)23-8-6-17(7-9-23)10-11-28-24(29)16-26(20-4-2-1-3-5-20)21-12-18-13-22(26)15-19(14-21)25(18)30/h1-9,18-19,21-22,25,30H,10-16H2,(H,28,29)(H2,27,31,32). The second-order valence-corrected chi connectivity index (χ2v) is 11.8. The number of nitrogens with one attached hydrogen (secondary N) is 1. The number of primary sulfonamides is 1. The van der Waals surface area contributed by atoms with Crippen LogP contribution in [0, 0.1) is 23.7 Å². The first-order valence-electron chi connectivity index (χ1n) is 11.9. The Morgan fingerprint density at radius 1 is 0.970 bits per heavy atom. The minimum atomic E-state index is -3.70. The van der Waals surface area contributed by atoms with Crippen LogP contribution in [0.4, 0.5) is 0 Å². The highest BCUT2D eigenvalue weighted by Crippen LogP contribution is 2.64. The van der Waals surface area contributed by atoms with Gasteiger partial charge >= 0.3 is 0 Å². The number of rotatable bonds is 7. The van der Waals surface area contributed by atoms with E-state index in [1.807, 2.05) is 6.07 Å². The SMILES string of the molecule is NS(=O)(=O)c1ccc(CCNC(=O)CC2(c3ccccc3)C3CC4CC2CC(C3)C4O)cc1. The monoisotopic (exact) mass is 468 g/mol. The van der Waals surface area contributed by atoms with Crippen molar-refractivity contribution in [2.24, 2.45) is 28.8 Å². The van der Waals surface area contributed by atoms with Gasteiger partial charge < -0.3 is 10.4 Å². The van der Waals surface area contributed by atoms with Gasteiger partial charge in [0.05, 0.1) is 11.0 Å². The molecule has 0 spiro atoms. The minimum absolute atomic E-state index is 0.0630. The number of hydrogen-bond donors (Lipinski definition) is 3. The maximum Gasteiger partial charge on any atom is 0.238 e. The number of benzene rings is 2. The molecule has 4 bridgehead atoms. The number of sulfonamides is 1. The predicted molar refractivity (Wildman–Crippen MR) is 126 cm³/mol. The van der Waals surface area contributed by atoms with Crippen LogP contribution in [0.5, 0.6) is 0 Å². The molecule has 1 amide bonds. The van der Waals surface area contributed by atoms with Crippen molar-refractivity contribution in [1.82, 2.24) is 5.32 Å². The van der Waals surface area contributed by atoms with Crippen LogP contribution in [0.25, 0.3) is 0 Å². The highest BCUT2D eigenvalue weighted by molar-refractivity contribution is 7.89. The van der Waals surface area contributed by atoms with Crippen LogP contribution in [-0.2, 0) is 26.7 Å². The fourth-order valence-corrected chi connectivity index (χ4v) is 7.61. The molecule has 4 aliphatic carbocycles. The number of carbonyl (C=O) groups excluding carboxylic acids is 1. The smallest absolute Gasteiger partial charge is 0.238 e. The molecule has 6 nitrogen and oxygen atoms in total. The van der Waals surface area contributed by atoms with Crippen LogP contribution >= 0.6 is 0 Å². The highest BCUT2D eigenvalue weighted by Gasteiger charge is 2.60. The van der Waals surface area contributed by atoms with Crippen LogP contribution < -0.4 is 10.5 Å². The van der Waals surface area contributed by atoms with Gasteiger partial charge in [-0.3, -0.25) is 4.79 Å². The maximum absolute atomic E-state index is 13.2. The zero-order valence-electron chi connectivity index (χ0n) is 18.7. The van der Waals surface area contributed by atoms with E-state index in [1.54, 1.807) is 12.1 Å².